The minimum absolute atomic E-state index is 0.150. The first kappa shape index (κ1) is 16.3. The quantitative estimate of drug-likeness (QED) is 0.809. The third kappa shape index (κ3) is 4.21. The summed E-state index contributed by atoms with van der Waals surface area (Å²) in [5.74, 6) is -0.856. The lowest BCUT2D eigenvalue weighted by Gasteiger charge is -2.30. The highest BCUT2D eigenvalue weighted by Crippen LogP contribution is 2.20. The van der Waals surface area contributed by atoms with Crippen LogP contribution in [-0.2, 0) is 9.53 Å². The van der Waals surface area contributed by atoms with Crippen molar-refractivity contribution in [3.63, 3.8) is 0 Å². The average molecular weight is 307 g/mol. The molecule has 0 aliphatic carbocycles. The summed E-state index contributed by atoms with van der Waals surface area (Å²) in [7, 11) is 1.60. The number of carbonyl (C=O) groups excluding carboxylic acids is 1. The normalized spacial score (nSPS) is 18.0. The molecule has 1 N–H and O–H groups in total. The topological polar surface area (TPSA) is 76.1 Å². The summed E-state index contributed by atoms with van der Waals surface area (Å²) < 4.78 is 10.4. The number of piperidine rings is 1. The van der Waals surface area contributed by atoms with E-state index in [4.69, 9.17) is 14.6 Å². The third-order valence-corrected chi connectivity index (χ3v) is 3.70. The molecule has 6 heteroatoms. The molecule has 0 radical (unpaired) electrons. The van der Waals surface area contributed by atoms with Gasteiger partial charge in [0.1, 0.15) is 12.4 Å². The van der Waals surface area contributed by atoms with Gasteiger partial charge < -0.3 is 19.5 Å². The second-order valence-electron chi connectivity index (χ2n) is 5.30. The molecule has 0 spiro atoms. The number of hydrogen-bond acceptors (Lipinski definition) is 4. The summed E-state index contributed by atoms with van der Waals surface area (Å²) >= 11 is 0. The number of carboxylic acids is 1. The first-order valence-electron chi connectivity index (χ1n) is 7.35. The molecule has 0 aromatic heterocycles. The number of aliphatic carboxylic acids is 1. The number of carboxylic acid groups (broad SMARTS) is 1. The van der Waals surface area contributed by atoms with Gasteiger partial charge in [-0.25, -0.2) is 0 Å². The molecule has 1 aliphatic rings. The number of rotatable bonds is 6. The van der Waals surface area contributed by atoms with Crippen molar-refractivity contribution in [2.75, 3.05) is 33.4 Å². The predicted molar refractivity (Wildman–Crippen MR) is 80.1 cm³/mol. The summed E-state index contributed by atoms with van der Waals surface area (Å²) in [6.07, 6.45) is 1.34. The lowest BCUT2D eigenvalue weighted by Crippen LogP contribution is -2.42. The van der Waals surface area contributed by atoms with Crippen molar-refractivity contribution in [1.82, 2.24) is 4.90 Å². The van der Waals surface area contributed by atoms with E-state index < -0.39 is 11.9 Å². The molecule has 1 heterocycles. The highest BCUT2D eigenvalue weighted by molar-refractivity contribution is 5.95. The Labute approximate surface area is 129 Å². The van der Waals surface area contributed by atoms with E-state index in [-0.39, 0.29) is 12.5 Å². The molecule has 1 aliphatic heterocycles. The highest BCUT2D eigenvalue weighted by Gasteiger charge is 2.28. The maximum absolute atomic E-state index is 12.5. The van der Waals surface area contributed by atoms with Crippen LogP contribution in [0.3, 0.4) is 0 Å². The van der Waals surface area contributed by atoms with Crippen molar-refractivity contribution in [2.24, 2.45) is 5.92 Å². The van der Waals surface area contributed by atoms with Crippen molar-refractivity contribution >= 4 is 11.9 Å². The van der Waals surface area contributed by atoms with Crippen LogP contribution in [0.1, 0.15) is 23.2 Å². The smallest absolute Gasteiger partial charge is 0.308 e. The number of nitrogens with zero attached hydrogens (tertiary/aromatic N) is 1. The standard InChI is InChI=1S/C16H21NO5/c1-21-8-9-22-14-6-2-4-12(10-14)15(18)17-7-3-5-13(11-17)16(19)20/h2,4,6,10,13H,3,5,7-9,11H2,1H3,(H,19,20)/t13-/m0/s1. The van der Waals surface area contributed by atoms with Crippen LogP contribution in [0, 0.1) is 5.92 Å². The van der Waals surface area contributed by atoms with Gasteiger partial charge in [-0.05, 0) is 31.0 Å². The highest BCUT2D eigenvalue weighted by atomic mass is 16.5. The van der Waals surface area contributed by atoms with E-state index in [1.807, 2.05) is 0 Å². The summed E-state index contributed by atoms with van der Waals surface area (Å²) in [4.78, 5) is 25.2. The zero-order valence-corrected chi connectivity index (χ0v) is 12.7. The SMILES string of the molecule is COCCOc1cccc(C(=O)N2CCC[C@H](C(=O)O)C2)c1. The van der Waals surface area contributed by atoms with Gasteiger partial charge in [-0.15, -0.1) is 0 Å². The van der Waals surface area contributed by atoms with Crippen LogP contribution in [0.4, 0.5) is 0 Å². The van der Waals surface area contributed by atoms with Gasteiger partial charge in [0.05, 0.1) is 12.5 Å². The summed E-state index contributed by atoms with van der Waals surface area (Å²) in [5.41, 5.74) is 0.515. The Balaban J connectivity index is 2.02. The van der Waals surface area contributed by atoms with E-state index in [9.17, 15) is 9.59 Å². The molecule has 0 unspecified atom stereocenters. The van der Waals surface area contributed by atoms with Crippen molar-refractivity contribution in [3.05, 3.63) is 29.8 Å². The van der Waals surface area contributed by atoms with Crippen LogP contribution in [0.5, 0.6) is 5.75 Å². The molecule has 120 valence electrons. The molecule has 1 saturated heterocycles. The van der Waals surface area contributed by atoms with E-state index in [1.165, 1.54) is 0 Å². The molecule has 1 aromatic rings. The number of methoxy groups -OCH3 is 1. The predicted octanol–water partition coefficient (Wildman–Crippen LogP) is 1.65. The molecule has 1 amide bonds. The Morgan fingerprint density at radius 3 is 2.91 bits per heavy atom. The summed E-state index contributed by atoms with van der Waals surface area (Å²) in [5, 5.41) is 9.10. The number of ether oxygens (including phenoxy) is 2. The van der Waals surface area contributed by atoms with Crippen LogP contribution in [0.2, 0.25) is 0 Å². The van der Waals surface area contributed by atoms with Crippen molar-refractivity contribution in [1.29, 1.82) is 0 Å². The number of likely N-dealkylation sites (tertiary alicyclic amines) is 1. The number of benzene rings is 1. The first-order valence-corrected chi connectivity index (χ1v) is 7.35. The first-order chi connectivity index (χ1) is 10.6. The Bertz CT molecular complexity index is 531. The molecule has 2 rings (SSSR count). The number of carbonyl (C=O) groups is 2. The van der Waals surface area contributed by atoms with Crippen LogP contribution >= 0.6 is 0 Å². The second-order valence-corrected chi connectivity index (χ2v) is 5.30. The maximum Gasteiger partial charge on any atom is 0.308 e. The molecule has 1 atom stereocenters. The van der Waals surface area contributed by atoms with E-state index in [0.29, 0.717) is 43.9 Å². The van der Waals surface area contributed by atoms with E-state index >= 15 is 0 Å². The van der Waals surface area contributed by atoms with E-state index in [0.717, 1.165) is 0 Å². The molecule has 22 heavy (non-hydrogen) atoms. The molecular formula is C16H21NO5. The fraction of sp³-hybridized carbons (Fsp3) is 0.500. The second kappa shape index (κ2) is 7.79. The van der Waals surface area contributed by atoms with Crippen LogP contribution < -0.4 is 4.74 Å². The summed E-state index contributed by atoms with van der Waals surface area (Å²) in [6, 6.07) is 6.94. The molecule has 6 nitrogen and oxygen atoms in total. The van der Waals surface area contributed by atoms with Crippen molar-refractivity contribution < 1.29 is 24.2 Å². The zero-order chi connectivity index (χ0) is 15.9. The van der Waals surface area contributed by atoms with Gasteiger partial charge >= 0.3 is 5.97 Å². The van der Waals surface area contributed by atoms with Crippen LogP contribution in [-0.4, -0.2) is 55.3 Å². The van der Waals surface area contributed by atoms with Gasteiger partial charge in [0, 0.05) is 25.8 Å². The maximum atomic E-state index is 12.5. The lowest BCUT2D eigenvalue weighted by molar-refractivity contribution is -0.143. The Morgan fingerprint density at radius 1 is 1.36 bits per heavy atom. The van der Waals surface area contributed by atoms with Crippen LogP contribution in [0.15, 0.2) is 24.3 Å². The monoisotopic (exact) mass is 307 g/mol. The van der Waals surface area contributed by atoms with E-state index in [1.54, 1.807) is 36.3 Å². The molecular weight excluding hydrogens is 286 g/mol. The van der Waals surface area contributed by atoms with Gasteiger partial charge in [-0.3, -0.25) is 9.59 Å². The van der Waals surface area contributed by atoms with Crippen molar-refractivity contribution in [3.8, 4) is 5.75 Å². The van der Waals surface area contributed by atoms with E-state index in [2.05, 4.69) is 0 Å². The zero-order valence-electron chi connectivity index (χ0n) is 12.7. The fourth-order valence-electron chi connectivity index (χ4n) is 2.51. The molecule has 1 fully saturated rings. The molecule has 0 saturated carbocycles. The third-order valence-electron chi connectivity index (χ3n) is 3.70. The summed E-state index contributed by atoms with van der Waals surface area (Å²) in [6.45, 7) is 1.75. The Kier molecular flexibility index (Phi) is 5.77. The number of hydrogen-bond donors (Lipinski definition) is 1. The minimum Gasteiger partial charge on any atom is -0.491 e. The average Bonchev–Trinajstić information content (AvgIpc) is 2.55. The molecule has 0 bridgehead atoms. The molecule has 1 aromatic carbocycles. The van der Waals surface area contributed by atoms with Gasteiger partial charge in [-0.2, -0.15) is 0 Å². The fourth-order valence-corrected chi connectivity index (χ4v) is 2.51. The largest absolute Gasteiger partial charge is 0.491 e. The van der Waals surface area contributed by atoms with Gasteiger partial charge in [-0.1, -0.05) is 6.07 Å². The Morgan fingerprint density at radius 2 is 2.18 bits per heavy atom. The van der Waals surface area contributed by atoms with Gasteiger partial charge in [0.2, 0.25) is 0 Å². The van der Waals surface area contributed by atoms with Crippen LogP contribution in [0.25, 0.3) is 0 Å². The van der Waals surface area contributed by atoms with Crippen molar-refractivity contribution in [2.45, 2.75) is 12.8 Å². The van der Waals surface area contributed by atoms with Gasteiger partial charge in [0.25, 0.3) is 5.91 Å². The number of amides is 1. The Hall–Kier alpha value is -2.08. The minimum atomic E-state index is -0.839. The van der Waals surface area contributed by atoms with Gasteiger partial charge in [0.15, 0.2) is 0 Å². The lowest BCUT2D eigenvalue weighted by atomic mass is 9.97.